The minimum absolute atomic E-state index is 0.0294. The molecule has 2 aromatic heterocycles. The van der Waals surface area contributed by atoms with Crippen LogP contribution in [0.25, 0.3) is 12.2 Å². The molecule has 1 aliphatic rings. The molecule has 2 atom stereocenters. The van der Waals surface area contributed by atoms with Gasteiger partial charge in [-0.25, -0.2) is 18.0 Å². The number of aromatic amines is 1. The third-order valence-corrected chi connectivity index (χ3v) is 6.24. The topological polar surface area (TPSA) is 146 Å². The molecule has 0 radical (unpaired) electrons. The summed E-state index contributed by atoms with van der Waals surface area (Å²) in [7, 11) is -3.30. The van der Waals surface area contributed by atoms with E-state index >= 15 is 0 Å². The largest absolute Gasteiger partial charge is 0.445 e. The minimum atomic E-state index is -4.76. The van der Waals surface area contributed by atoms with Crippen LogP contribution in [0.1, 0.15) is 31.5 Å². The second-order valence-electron chi connectivity index (χ2n) is 8.21. The van der Waals surface area contributed by atoms with Crippen molar-refractivity contribution in [1.82, 2.24) is 19.4 Å². The first-order valence-electron chi connectivity index (χ1n) is 10.5. The Balaban J connectivity index is 2.30. The van der Waals surface area contributed by atoms with Crippen LogP contribution in [0.5, 0.6) is 0 Å². The molecule has 0 aromatic carbocycles. The Hall–Kier alpha value is -3.40. The molecule has 0 saturated heterocycles. The van der Waals surface area contributed by atoms with Gasteiger partial charge in [-0.15, -0.1) is 4.68 Å². The predicted octanol–water partition coefficient (Wildman–Crippen LogP) is -0.468. The molecule has 3 rings (SSSR count). The Morgan fingerprint density at radius 2 is 1.92 bits per heavy atom. The van der Waals surface area contributed by atoms with E-state index in [9.17, 15) is 36.0 Å². The first-order chi connectivity index (χ1) is 16.7. The van der Waals surface area contributed by atoms with Crippen molar-refractivity contribution < 1.29 is 35.9 Å². The third-order valence-electron chi connectivity index (χ3n) is 5.30. The van der Waals surface area contributed by atoms with E-state index in [1.807, 2.05) is 0 Å². The van der Waals surface area contributed by atoms with Gasteiger partial charge in [-0.1, -0.05) is 10.5 Å². The molecule has 12 nitrogen and oxygen atoms in total. The fourth-order valence-electron chi connectivity index (χ4n) is 3.80. The smallest absolute Gasteiger partial charge is 0.444 e. The Kier molecular flexibility index (Phi) is 7.50. The number of alkyl halides is 3. The van der Waals surface area contributed by atoms with Gasteiger partial charge in [0.1, 0.15) is 6.61 Å². The molecule has 198 valence electrons. The number of H-pyrrole nitrogens is 1. The van der Waals surface area contributed by atoms with Crippen molar-refractivity contribution in [2.24, 2.45) is 5.92 Å². The number of aromatic nitrogens is 4. The highest BCUT2D eigenvalue weighted by Crippen LogP contribution is 2.40. The van der Waals surface area contributed by atoms with Crippen molar-refractivity contribution in [2.75, 3.05) is 31.0 Å². The van der Waals surface area contributed by atoms with Crippen LogP contribution < -0.4 is 26.2 Å². The lowest BCUT2D eigenvalue weighted by atomic mass is 9.84. The van der Waals surface area contributed by atoms with Crippen LogP contribution in [-0.4, -0.2) is 66.7 Å². The zero-order valence-electron chi connectivity index (χ0n) is 19.6. The number of sulfonamides is 1. The van der Waals surface area contributed by atoms with E-state index in [-0.39, 0.29) is 27.4 Å². The van der Waals surface area contributed by atoms with Crippen molar-refractivity contribution in [3.05, 3.63) is 49.4 Å². The average Bonchev–Trinajstić information content (AvgIpc) is 3.24. The molecule has 0 fully saturated rings. The number of ether oxygens (including phenoxy) is 2. The molecule has 2 aromatic rings. The van der Waals surface area contributed by atoms with Gasteiger partial charge in [0.25, 0.3) is 15.6 Å². The highest BCUT2D eigenvalue weighted by atomic mass is 32.2. The minimum Gasteiger partial charge on any atom is -0.445 e. The monoisotopic (exact) mass is 535 g/mol. The molecule has 1 N–H and O–H groups in total. The molecule has 2 heterocycles. The van der Waals surface area contributed by atoms with Gasteiger partial charge in [0.2, 0.25) is 0 Å². The van der Waals surface area contributed by atoms with Crippen molar-refractivity contribution >= 4 is 28.3 Å². The van der Waals surface area contributed by atoms with E-state index in [1.54, 1.807) is 13.8 Å². The SMILES string of the molecule is COCCOC(=O)N(n1c(=O)[nH]c2c(c1=O)=CC(c1ccnn1C(C)C)C(C(F)(F)F)C=2)S(C)(=O)=O. The Bertz CT molecular complexity index is 1490. The van der Waals surface area contributed by atoms with E-state index in [0.717, 1.165) is 6.08 Å². The highest BCUT2D eigenvalue weighted by Gasteiger charge is 2.45. The highest BCUT2D eigenvalue weighted by molar-refractivity contribution is 7.92. The summed E-state index contributed by atoms with van der Waals surface area (Å²) in [5.74, 6) is -3.56. The number of carbonyl (C=O) groups is 1. The van der Waals surface area contributed by atoms with E-state index in [0.29, 0.717) is 12.3 Å². The summed E-state index contributed by atoms with van der Waals surface area (Å²) in [4.78, 5) is 40.5. The summed E-state index contributed by atoms with van der Waals surface area (Å²) < 4.78 is 77.3. The van der Waals surface area contributed by atoms with Crippen LogP contribution in [0.3, 0.4) is 0 Å². The van der Waals surface area contributed by atoms with Gasteiger partial charge in [0.05, 0.1) is 29.3 Å². The molecule has 16 heteroatoms. The maximum atomic E-state index is 14.0. The predicted molar refractivity (Wildman–Crippen MR) is 121 cm³/mol. The number of amides is 1. The lowest BCUT2D eigenvalue weighted by Crippen LogP contribution is -2.64. The van der Waals surface area contributed by atoms with Crippen LogP contribution >= 0.6 is 0 Å². The third kappa shape index (κ3) is 5.23. The molecule has 0 bridgehead atoms. The van der Waals surface area contributed by atoms with E-state index < -0.39 is 62.6 Å². The number of nitrogens with one attached hydrogen (secondary N) is 1. The molecule has 36 heavy (non-hydrogen) atoms. The Morgan fingerprint density at radius 1 is 1.25 bits per heavy atom. The quantitative estimate of drug-likeness (QED) is 0.469. The lowest BCUT2D eigenvalue weighted by Gasteiger charge is -2.28. The number of hydrogen-bond acceptors (Lipinski definition) is 8. The van der Waals surface area contributed by atoms with Crippen LogP contribution in [0.2, 0.25) is 0 Å². The van der Waals surface area contributed by atoms with Gasteiger partial charge in [-0.3, -0.25) is 9.48 Å². The summed E-state index contributed by atoms with van der Waals surface area (Å²) in [5, 5.41) is 3.16. The number of rotatable bonds is 7. The second-order valence-corrected chi connectivity index (χ2v) is 10.0. The summed E-state index contributed by atoms with van der Waals surface area (Å²) >= 11 is 0. The number of methoxy groups -OCH3 is 1. The maximum absolute atomic E-state index is 14.0. The van der Waals surface area contributed by atoms with Crippen molar-refractivity contribution in [2.45, 2.75) is 32.0 Å². The number of carbonyl (C=O) groups excluding carboxylic acids is 1. The zero-order valence-corrected chi connectivity index (χ0v) is 20.5. The average molecular weight is 536 g/mol. The number of fused-ring (bicyclic) bond motifs is 1. The van der Waals surface area contributed by atoms with Gasteiger partial charge < -0.3 is 14.5 Å². The molecular weight excluding hydrogens is 511 g/mol. The van der Waals surface area contributed by atoms with Crippen molar-refractivity contribution in [3.63, 3.8) is 0 Å². The van der Waals surface area contributed by atoms with Crippen LogP contribution in [0.4, 0.5) is 18.0 Å². The van der Waals surface area contributed by atoms with Gasteiger partial charge >= 0.3 is 18.0 Å². The van der Waals surface area contributed by atoms with E-state index in [1.165, 1.54) is 24.1 Å². The fourth-order valence-corrected chi connectivity index (χ4v) is 4.57. The summed E-state index contributed by atoms with van der Waals surface area (Å²) in [6.07, 6.45) is -2.81. The van der Waals surface area contributed by atoms with Gasteiger partial charge in [-0.05, 0) is 26.0 Å². The van der Waals surface area contributed by atoms with Crippen LogP contribution in [-0.2, 0) is 19.5 Å². The van der Waals surface area contributed by atoms with Gasteiger partial charge in [-0.2, -0.15) is 18.3 Å². The second kappa shape index (κ2) is 9.93. The summed E-state index contributed by atoms with van der Waals surface area (Å²) in [6, 6.07) is 1.06. The van der Waals surface area contributed by atoms with E-state index in [4.69, 9.17) is 9.47 Å². The lowest BCUT2D eigenvalue weighted by molar-refractivity contribution is -0.159. The standard InChI is InChI=1S/C20H24F3N5O7S/c1-11(2)26-16(5-6-24-26)12-9-13-15(10-14(12)20(21,22)23)25-18(30)27(17(13)29)28(36(4,32)33)19(31)35-8-7-34-3/h5-6,9-12,14H,7-8H2,1-4H3,(H,25,30). The number of hydrogen-bond donors (Lipinski definition) is 1. The Labute approximate surface area is 202 Å². The first-order valence-corrected chi connectivity index (χ1v) is 12.4. The molecule has 1 amide bonds. The molecule has 0 spiro atoms. The molecular formula is C20H24F3N5O7S. The van der Waals surface area contributed by atoms with Gasteiger partial charge in [0, 0.05) is 31.0 Å². The number of halogens is 3. The first kappa shape index (κ1) is 27.2. The molecule has 0 aliphatic heterocycles. The van der Waals surface area contributed by atoms with Crippen LogP contribution in [0, 0.1) is 5.92 Å². The zero-order chi connectivity index (χ0) is 27.0. The molecule has 0 saturated carbocycles. The van der Waals surface area contributed by atoms with Crippen molar-refractivity contribution in [1.29, 1.82) is 0 Å². The van der Waals surface area contributed by atoms with Crippen LogP contribution in [0.15, 0.2) is 21.9 Å². The molecule has 1 aliphatic carbocycles. The maximum Gasteiger partial charge on any atom is 0.444 e. The van der Waals surface area contributed by atoms with Gasteiger partial charge in [0.15, 0.2) is 0 Å². The van der Waals surface area contributed by atoms with Crippen molar-refractivity contribution in [3.8, 4) is 0 Å². The Morgan fingerprint density at radius 3 is 2.47 bits per heavy atom. The fraction of sp³-hybridized carbons (Fsp3) is 0.500. The van der Waals surface area contributed by atoms with E-state index in [2.05, 4.69) is 10.1 Å². The number of nitrogens with zero attached hydrogens (tertiary/aromatic N) is 4. The summed E-state index contributed by atoms with van der Waals surface area (Å²) in [5.41, 5.74) is -2.64. The molecule has 2 unspecified atom stereocenters. The normalized spacial score (nSPS) is 17.8. The summed E-state index contributed by atoms with van der Waals surface area (Å²) in [6.45, 7) is 2.92.